The number of aliphatic hydroxyl groups is 1. The van der Waals surface area contributed by atoms with Crippen LogP contribution >= 0.6 is 0 Å². The first kappa shape index (κ1) is 29.5. The van der Waals surface area contributed by atoms with Crippen molar-refractivity contribution in [3.05, 3.63) is 47.5 Å². The quantitative estimate of drug-likeness (QED) is 0.354. The fraction of sp³-hybridized carbons (Fsp3) is 0.636. The van der Waals surface area contributed by atoms with Gasteiger partial charge in [0.1, 0.15) is 11.6 Å². The number of fused-ring (bicyclic) bond motifs is 5. The fourth-order valence-electron chi connectivity index (χ4n) is 8.83. The lowest BCUT2D eigenvalue weighted by Gasteiger charge is -2.59. The number of carbonyl (C=O) groups excluding carboxylic acids is 3. The van der Waals surface area contributed by atoms with E-state index in [1.165, 1.54) is 12.7 Å². The maximum Gasteiger partial charge on any atom is 0.328 e. The summed E-state index contributed by atoms with van der Waals surface area (Å²) < 4.78 is 4.87. The molecule has 1 aromatic carbocycles. The molecule has 8 nitrogen and oxygen atoms in total. The predicted molar refractivity (Wildman–Crippen MR) is 155 cm³/mol. The van der Waals surface area contributed by atoms with Gasteiger partial charge in [0.15, 0.2) is 12.4 Å². The molecule has 0 bridgehead atoms. The Hall–Kier alpha value is -3.00. The molecule has 1 aromatic rings. The minimum Gasteiger partial charge on any atom is -0.467 e. The Kier molecular flexibility index (Phi) is 8.16. The molecular weight excluding hydrogens is 520 g/mol. The molecule has 8 heteroatoms. The maximum atomic E-state index is 12.6. The predicted octanol–water partition coefficient (Wildman–Crippen LogP) is 4.54. The van der Waals surface area contributed by atoms with Crippen LogP contribution in [0.1, 0.15) is 77.7 Å². The molecule has 4 aliphatic rings. The van der Waals surface area contributed by atoms with E-state index >= 15 is 0 Å². The number of amides is 1. The number of methoxy groups -OCH3 is 1. The molecule has 0 aromatic heterocycles. The number of benzene rings is 1. The van der Waals surface area contributed by atoms with E-state index in [1.807, 2.05) is 30.3 Å². The van der Waals surface area contributed by atoms with Crippen LogP contribution in [-0.4, -0.2) is 53.8 Å². The lowest BCUT2D eigenvalue weighted by Crippen LogP contribution is -2.57. The molecule has 0 saturated heterocycles. The Morgan fingerprint density at radius 1 is 1.05 bits per heavy atom. The molecule has 2 N–H and O–H groups in total. The number of nitrogens with zero attached hydrogens (tertiary/aromatic N) is 1. The number of hydrogen-bond donors (Lipinski definition) is 2. The highest BCUT2D eigenvalue weighted by molar-refractivity contribution is 5.96. The second-order valence-electron chi connectivity index (χ2n) is 13.1. The molecule has 5 rings (SSSR count). The molecule has 41 heavy (non-hydrogen) atoms. The lowest BCUT2D eigenvalue weighted by molar-refractivity contribution is -0.159. The van der Waals surface area contributed by atoms with Gasteiger partial charge in [-0.25, -0.2) is 4.79 Å². The van der Waals surface area contributed by atoms with Gasteiger partial charge in [0.2, 0.25) is 0 Å². The highest BCUT2D eigenvalue weighted by Crippen LogP contribution is 2.67. The van der Waals surface area contributed by atoms with E-state index in [4.69, 9.17) is 9.57 Å². The van der Waals surface area contributed by atoms with E-state index in [9.17, 15) is 19.5 Å². The third kappa shape index (κ3) is 5.24. The monoisotopic (exact) mass is 564 g/mol. The summed E-state index contributed by atoms with van der Waals surface area (Å²) in [4.78, 5) is 42.8. The number of ketones is 1. The van der Waals surface area contributed by atoms with E-state index in [2.05, 4.69) is 30.4 Å². The van der Waals surface area contributed by atoms with Crippen LogP contribution in [0.2, 0.25) is 0 Å². The van der Waals surface area contributed by atoms with Gasteiger partial charge in [-0.15, -0.1) is 0 Å². The number of rotatable bonds is 8. The van der Waals surface area contributed by atoms with Gasteiger partial charge in [-0.05, 0) is 93.1 Å². The van der Waals surface area contributed by atoms with E-state index in [-0.39, 0.29) is 23.2 Å². The van der Waals surface area contributed by atoms with Gasteiger partial charge >= 0.3 is 5.97 Å². The van der Waals surface area contributed by atoms with Crippen LogP contribution in [0, 0.1) is 28.6 Å². The van der Waals surface area contributed by atoms with E-state index in [0.29, 0.717) is 30.6 Å². The summed E-state index contributed by atoms with van der Waals surface area (Å²) in [6.45, 7) is 5.81. The SMILES string of the molecule is COC(=O)[C@H](Cc1ccccc1)NC(=O)CO/N=C1\C=C2CC[C@@H]3[C@H](CC[C@]4(C)[C@H]3CC[C@]4(O)C(C)=O)[C@]2(C)CC1. The Balaban J connectivity index is 1.20. The Morgan fingerprint density at radius 2 is 1.78 bits per heavy atom. The molecule has 222 valence electrons. The van der Waals surface area contributed by atoms with Crippen LogP contribution in [0.5, 0.6) is 0 Å². The van der Waals surface area contributed by atoms with Crippen molar-refractivity contribution in [3.63, 3.8) is 0 Å². The number of nitrogens with one attached hydrogen (secondary N) is 1. The minimum atomic E-state index is -1.19. The summed E-state index contributed by atoms with van der Waals surface area (Å²) in [5.41, 5.74) is 1.71. The van der Waals surface area contributed by atoms with Gasteiger partial charge in [-0.3, -0.25) is 9.59 Å². The average Bonchev–Trinajstić information content (AvgIpc) is 3.24. The van der Waals surface area contributed by atoms with Crippen LogP contribution in [-0.2, 0) is 30.4 Å². The summed E-state index contributed by atoms with van der Waals surface area (Å²) in [5.74, 6) is 0.409. The largest absolute Gasteiger partial charge is 0.467 e. The van der Waals surface area contributed by atoms with Crippen molar-refractivity contribution in [3.8, 4) is 0 Å². The molecule has 3 fully saturated rings. The smallest absolute Gasteiger partial charge is 0.328 e. The lowest BCUT2D eigenvalue weighted by atomic mass is 9.46. The van der Waals surface area contributed by atoms with Crippen LogP contribution in [0.4, 0.5) is 0 Å². The highest BCUT2D eigenvalue weighted by Gasteiger charge is 2.65. The highest BCUT2D eigenvalue weighted by atomic mass is 16.6. The van der Waals surface area contributed by atoms with E-state index < -0.39 is 23.5 Å². The first-order chi connectivity index (χ1) is 19.5. The molecule has 0 heterocycles. The number of hydrogen-bond acceptors (Lipinski definition) is 7. The van der Waals surface area contributed by atoms with Gasteiger partial charge in [0.25, 0.3) is 5.91 Å². The normalized spacial score (nSPS) is 35.8. The van der Waals surface area contributed by atoms with Crippen molar-refractivity contribution in [2.24, 2.45) is 33.7 Å². The van der Waals surface area contributed by atoms with Crippen LogP contribution in [0.3, 0.4) is 0 Å². The maximum absolute atomic E-state index is 12.6. The van der Waals surface area contributed by atoms with Gasteiger partial charge in [-0.1, -0.05) is 54.9 Å². The number of oxime groups is 1. The zero-order chi connectivity index (χ0) is 29.4. The summed E-state index contributed by atoms with van der Waals surface area (Å²) in [6.07, 6.45) is 9.68. The Morgan fingerprint density at radius 3 is 2.49 bits per heavy atom. The Bertz CT molecular complexity index is 1240. The molecule has 0 unspecified atom stereocenters. The molecule has 0 spiro atoms. The standard InChI is InChI=1S/C33H44N2O6/c1-21(36)33(39)17-14-27-25-11-10-23-19-24(12-15-31(23,2)26(25)13-16-32(27,33)3)35-41-20-29(37)34-28(30(38)40-4)18-22-8-6-5-7-9-22/h5-9,19,25-28,39H,10-18,20H2,1-4H3,(H,34,37)/b35-24-/t25-,26+,27+,28+,31-,32-,33+/m1/s1. The topological polar surface area (TPSA) is 114 Å². The van der Waals surface area contributed by atoms with Crippen molar-refractivity contribution in [1.29, 1.82) is 0 Å². The minimum absolute atomic E-state index is 0.0722. The second-order valence-corrected chi connectivity index (χ2v) is 13.1. The first-order valence-corrected chi connectivity index (χ1v) is 15.1. The van der Waals surface area contributed by atoms with Gasteiger partial charge < -0.3 is 20.0 Å². The van der Waals surface area contributed by atoms with Crippen LogP contribution in [0.25, 0.3) is 0 Å². The second kappa shape index (κ2) is 11.3. The number of allylic oxidation sites excluding steroid dienone is 2. The molecule has 4 aliphatic carbocycles. The number of carbonyl (C=O) groups is 3. The average molecular weight is 565 g/mol. The Labute approximate surface area is 242 Å². The summed E-state index contributed by atoms with van der Waals surface area (Å²) in [6, 6.07) is 8.65. The molecule has 1 amide bonds. The zero-order valence-electron chi connectivity index (χ0n) is 24.8. The zero-order valence-corrected chi connectivity index (χ0v) is 24.8. The summed E-state index contributed by atoms with van der Waals surface area (Å²) in [5, 5.41) is 18.4. The molecule has 0 radical (unpaired) electrons. The number of esters is 1. The van der Waals surface area contributed by atoms with Gasteiger partial charge in [0.05, 0.1) is 12.8 Å². The van der Waals surface area contributed by atoms with Crippen LogP contribution < -0.4 is 5.32 Å². The molecule has 3 saturated carbocycles. The van der Waals surface area contributed by atoms with Gasteiger partial charge in [-0.2, -0.15) is 0 Å². The number of ether oxygens (including phenoxy) is 1. The van der Waals surface area contributed by atoms with Crippen molar-refractivity contribution in [2.75, 3.05) is 13.7 Å². The van der Waals surface area contributed by atoms with E-state index in [1.54, 1.807) is 6.92 Å². The molecular formula is C33H44N2O6. The third-order valence-electron chi connectivity index (χ3n) is 11.2. The van der Waals surface area contributed by atoms with Crippen molar-refractivity contribution in [2.45, 2.75) is 90.2 Å². The van der Waals surface area contributed by atoms with Crippen LogP contribution in [0.15, 0.2) is 47.1 Å². The van der Waals surface area contributed by atoms with Crippen molar-refractivity contribution >= 4 is 23.4 Å². The summed E-state index contributed by atoms with van der Waals surface area (Å²) in [7, 11) is 1.30. The summed E-state index contributed by atoms with van der Waals surface area (Å²) >= 11 is 0. The first-order valence-electron chi connectivity index (χ1n) is 15.1. The van der Waals surface area contributed by atoms with Crippen molar-refractivity contribution in [1.82, 2.24) is 5.32 Å². The fourth-order valence-corrected chi connectivity index (χ4v) is 8.83. The van der Waals surface area contributed by atoms with E-state index in [0.717, 1.165) is 56.2 Å². The van der Waals surface area contributed by atoms with Gasteiger partial charge in [0, 0.05) is 11.8 Å². The van der Waals surface area contributed by atoms with Crippen molar-refractivity contribution < 1.29 is 29.1 Å². The number of Topliss-reactive ketones (excluding diaryl/α,β-unsaturated/α-hetero) is 1. The third-order valence-corrected chi connectivity index (χ3v) is 11.2. The molecule has 0 aliphatic heterocycles. The molecule has 7 atom stereocenters.